The highest BCUT2D eigenvalue weighted by Gasteiger charge is 2.12. The predicted molar refractivity (Wildman–Crippen MR) is 108 cm³/mol. The van der Waals surface area contributed by atoms with Crippen molar-refractivity contribution in [3.8, 4) is 11.5 Å². The van der Waals surface area contributed by atoms with Gasteiger partial charge < -0.3 is 20.1 Å². The van der Waals surface area contributed by atoms with E-state index in [1.165, 1.54) is 7.11 Å². The number of methoxy groups -OCH3 is 2. The fourth-order valence-electron chi connectivity index (χ4n) is 2.61. The molecule has 0 unspecified atom stereocenters. The molecule has 2 N–H and O–H groups in total. The average Bonchev–Trinajstić information content (AvgIpc) is 2.74. The first-order valence-corrected chi connectivity index (χ1v) is 8.60. The van der Waals surface area contributed by atoms with Crippen LogP contribution in [0.3, 0.4) is 0 Å². The number of nitrogens with one attached hydrogen (secondary N) is 2. The van der Waals surface area contributed by atoms with Crippen molar-refractivity contribution in [3.05, 3.63) is 83.9 Å². The summed E-state index contributed by atoms with van der Waals surface area (Å²) in [5.41, 5.74) is 2.16. The van der Waals surface area contributed by atoms with Crippen molar-refractivity contribution in [2.24, 2.45) is 0 Å². The fourth-order valence-corrected chi connectivity index (χ4v) is 2.61. The molecule has 6 nitrogen and oxygen atoms in total. The average molecular weight is 376 g/mol. The first kappa shape index (κ1) is 19.0. The van der Waals surface area contributed by atoms with Gasteiger partial charge in [0.25, 0.3) is 11.8 Å². The van der Waals surface area contributed by atoms with Gasteiger partial charge in [-0.3, -0.25) is 9.59 Å². The van der Waals surface area contributed by atoms with Crippen LogP contribution in [-0.4, -0.2) is 26.0 Å². The Bertz CT molecular complexity index is 967. The standard InChI is InChI=1S/C22H20N2O4/c1-27-18-13-11-17(12-14-18)23-21(25)15-7-9-16(10-8-15)24-22(26)19-5-3-4-6-20(19)28-2/h3-14H,1-2H3,(H,23,25)(H,24,26). The lowest BCUT2D eigenvalue weighted by atomic mass is 10.1. The lowest BCUT2D eigenvalue weighted by Crippen LogP contribution is -2.14. The molecule has 3 aromatic rings. The number of rotatable bonds is 6. The van der Waals surface area contributed by atoms with Gasteiger partial charge in [-0.25, -0.2) is 0 Å². The van der Waals surface area contributed by atoms with Crippen molar-refractivity contribution in [1.29, 1.82) is 0 Å². The number of ether oxygens (including phenoxy) is 2. The minimum atomic E-state index is -0.284. The van der Waals surface area contributed by atoms with E-state index in [2.05, 4.69) is 10.6 Å². The van der Waals surface area contributed by atoms with E-state index in [4.69, 9.17) is 9.47 Å². The Morgan fingerprint density at radius 2 is 1.25 bits per heavy atom. The maximum Gasteiger partial charge on any atom is 0.259 e. The van der Waals surface area contributed by atoms with Crippen molar-refractivity contribution in [1.82, 2.24) is 0 Å². The quantitative estimate of drug-likeness (QED) is 0.676. The molecular weight excluding hydrogens is 356 g/mol. The van der Waals surface area contributed by atoms with E-state index in [-0.39, 0.29) is 11.8 Å². The van der Waals surface area contributed by atoms with Gasteiger partial charge in [0.2, 0.25) is 0 Å². The van der Waals surface area contributed by atoms with Crippen molar-refractivity contribution >= 4 is 23.2 Å². The van der Waals surface area contributed by atoms with Gasteiger partial charge in [0.1, 0.15) is 11.5 Å². The highest BCUT2D eigenvalue weighted by Crippen LogP contribution is 2.20. The maximum atomic E-state index is 12.4. The molecule has 6 heteroatoms. The Morgan fingerprint density at radius 1 is 0.679 bits per heavy atom. The van der Waals surface area contributed by atoms with Crippen LogP contribution in [0.25, 0.3) is 0 Å². The van der Waals surface area contributed by atoms with Crippen LogP contribution >= 0.6 is 0 Å². The van der Waals surface area contributed by atoms with Gasteiger partial charge in [-0.05, 0) is 60.7 Å². The molecule has 0 saturated carbocycles. The number of amides is 2. The monoisotopic (exact) mass is 376 g/mol. The van der Waals surface area contributed by atoms with Crippen molar-refractivity contribution in [2.75, 3.05) is 24.9 Å². The van der Waals surface area contributed by atoms with E-state index in [0.717, 1.165) is 0 Å². The summed E-state index contributed by atoms with van der Waals surface area (Å²) in [6.45, 7) is 0. The van der Waals surface area contributed by atoms with Gasteiger partial charge in [0.15, 0.2) is 0 Å². The molecule has 0 aliphatic heterocycles. The van der Waals surface area contributed by atoms with E-state index >= 15 is 0 Å². The molecule has 2 amide bonds. The Labute approximate surface area is 163 Å². The Balaban J connectivity index is 1.65. The first-order chi connectivity index (χ1) is 13.6. The Hall–Kier alpha value is -3.80. The topological polar surface area (TPSA) is 76.7 Å². The molecule has 0 spiro atoms. The lowest BCUT2D eigenvalue weighted by molar-refractivity contribution is 0.101. The van der Waals surface area contributed by atoms with E-state index in [1.807, 2.05) is 0 Å². The van der Waals surface area contributed by atoms with E-state index in [0.29, 0.717) is 34.0 Å². The number of anilines is 2. The highest BCUT2D eigenvalue weighted by molar-refractivity contribution is 6.07. The molecule has 0 atom stereocenters. The summed E-state index contributed by atoms with van der Waals surface area (Å²) in [6, 6.07) is 20.7. The summed E-state index contributed by atoms with van der Waals surface area (Å²) < 4.78 is 10.3. The van der Waals surface area contributed by atoms with E-state index in [1.54, 1.807) is 79.9 Å². The fraction of sp³-hybridized carbons (Fsp3) is 0.0909. The molecule has 3 aromatic carbocycles. The SMILES string of the molecule is COc1ccc(NC(=O)c2ccc(NC(=O)c3ccccc3OC)cc2)cc1. The molecule has 142 valence electrons. The molecule has 0 aliphatic rings. The minimum Gasteiger partial charge on any atom is -0.497 e. The van der Waals surface area contributed by atoms with Crippen LogP contribution in [0.5, 0.6) is 11.5 Å². The van der Waals surface area contributed by atoms with Crippen LogP contribution in [-0.2, 0) is 0 Å². The maximum absolute atomic E-state index is 12.4. The number of hydrogen-bond acceptors (Lipinski definition) is 4. The Morgan fingerprint density at radius 3 is 1.86 bits per heavy atom. The molecule has 28 heavy (non-hydrogen) atoms. The molecule has 0 saturated heterocycles. The van der Waals surface area contributed by atoms with Crippen molar-refractivity contribution < 1.29 is 19.1 Å². The second kappa shape index (κ2) is 8.73. The zero-order valence-corrected chi connectivity index (χ0v) is 15.6. The zero-order valence-electron chi connectivity index (χ0n) is 15.6. The van der Waals surface area contributed by atoms with Gasteiger partial charge in [0, 0.05) is 16.9 Å². The summed E-state index contributed by atoms with van der Waals surface area (Å²) in [5, 5.41) is 5.61. The van der Waals surface area contributed by atoms with Gasteiger partial charge in [0.05, 0.1) is 19.8 Å². The zero-order chi connectivity index (χ0) is 19.9. The minimum absolute atomic E-state index is 0.243. The van der Waals surface area contributed by atoms with Crippen molar-refractivity contribution in [3.63, 3.8) is 0 Å². The number of carbonyl (C=O) groups is 2. The lowest BCUT2D eigenvalue weighted by Gasteiger charge is -2.10. The molecule has 0 fully saturated rings. The highest BCUT2D eigenvalue weighted by atomic mass is 16.5. The first-order valence-electron chi connectivity index (χ1n) is 8.60. The van der Waals surface area contributed by atoms with Gasteiger partial charge in [-0.1, -0.05) is 12.1 Å². The molecule has 0 aliphatic carbocycles. The molecule has 0 aromatic heterocycles. The third-order valence-corrected chi connectivity index (χ3v) is 4.10. The van der Waals surface area contributed by atoms with Gasteiger partial charge in [-0.2, -0.15) is 0 Å². The van der Waals surface area contributed by atoms with E-state index < -0.39 is 0 Å². The van der Waals surface area contributed by atoms with Crippen LogP contribution in [0.15, 0.2) is 72.8 Å². The van der Waals surface area contributed by atoms with Crippen LogP contribution < -0.4 is 20.1 Å². The van der Waals surface area contributed by atoms with Crippen LogP contribution in [0.2, 0.25) is 0 Å². The molecule has 0 heterocycles. The smallest absolute Gasteiger partial charge is 0.259 e. The third-order valence-electron chi connectivity index (χ3n) is 4.10. The van der Waals surface area contributed by atoms with Gasteiger partial charge >= 0.3 is 0 Å². The molecule has 0 radical (unpaired) electrons. The van der Waals surface area contributed by atoms with Crippen LogP contribution in [0.4, 0.5) is 11.4 Å². The van der Waals surface area contributed by atoms with E-state index in [9.17, 15) is 9.59 Å². The molecule has 0 bridgehead atoms. The van der Waals surface area contributed by atoms with Crippen LogP contribution in [0, 0.1) is 0 Å². The Kier molecular flexibility index (Phi) is 5.91. The van der Waals surface area contributed by atoms with Crippen molar-refractivity contribution in [2.45, 2.75) is 0 Å². The third kappa shape index (κ3) is 4.48. The molecular formula is C22H20N2O4. The number of para-hydroxylation sites is 1. The summed E-state index contributed by atoms with van der Waals surface area (Å²) in [7, 11) is 3.10. The summed E-state index contributed by atoms with van der Waals surface area (Å²) in [4.78, 5) is 24.8. The largest absolute Gasteiger partial charge is 0.497 e. The van der Waals surface area contributed by atoms with Crippen LogP contribution in [0.1, 0.15) is 20.7 Å². The number of benzene rings is 3. The second-order valence-electron chi connectivity index (χ2n) is 5.91. The second-order valence-corrected chi connectivity index (χ2v) is 5.91. The predicted octanol–water partition coefficient (Wildman–Crippen LogP) is 4.21. The molecule has 3 rings (SSSR count). The number of carbonyl (C=O) groups excluding carboxylic acids is 2. The summed E-state index contributed by atoms with van der Waals surface area (Å²) >= 11 is 0. The summed E-state index contributed by atoms with van der Waals surface area (Å²) in [6.07, 6.45) is 0. The normalized spacial score (nSPS) is 10.1. The number of hydrogen-bond donors (Lipinski definition) is 2. The van der Waals surface area contributed by atoms with Gasteiger partial charge in [-0.15, -0.1) is 0 Å². The summed E-state index contributed by atoms with van der Waals surface area (Å²) in [5.74, 6) is 0.685.